The first kappa shape index (κ1) is 18.5. The fraction of sp³-hybridized carbons (Fsp3) is 0.533. The van der Waals surface area contributed by atoms with Crippen LogP contribution in [0.1, 0.15) is 10.4 Å². The number of hydrogen-bond acceptors (Lipinski definition) is 5. The van der Waals surface area contributed by atoms with Gasteiger partial charge >= 0.3 is 0 Å². The van der Waals surface area contributed by atoms with Crippen molar-refractivity contribution in [2.45, 2.75) is 0 Å². The summed E-state index contributed by atoms with van der Waals surface area (Å²) in [7, 11) is 3.13. The van der Waals surface area contributed by atoms with E-state index in [0.717, 1.165) is 32.7 Å². The topological polar surface area (TPSA) is 62.8 Å². The maximum atomic E-state index is 12.2. The zero-order chi connectivity index (χ0) is 15.1. The lowest BCUT2D eigenvalue weighted by Gasteiger charge is -2.27. The Morgan fingerprint density at radius 2 is 2.00 bits per heavy atom. The summed E-state index contributed by atoms with van der Waals surface area (Å²) in [5.74, 6) is 1.07. The van der Waals surface area contributed by atoms with E-state index < -0.39 is 0 Å². The molecule has 2 rings (SSSR count). The summed E-state index contributed by atoms with van der Waals surface area (Å²) in [5, 5.41) is 6.24. The Morgan fingerprint density at radius 1 is 1.27 bits per heavy atom. The quantitative estimate of drug-likeness (QED) is 0.807. The molecule has 1 fully saturated rings. The fourth-order valence-electron chi connectivity index (χ4n) is 2.34. The maximum Gasteiger partial charge on any atom is 0.255 e. The van der Waals surface area contributed by atoms with E-state index in [4.69, 9.17) is 9.47 Å². The molecule has 1 saturated heterocycles. The van der Waals surface area contributed by atoms with Crippen LogP contribution in [0.15, 0.2) is 18.2 Å². The largest absolute Gasteiger partial charge is 0.497 e. The van der Waals surface area contributed by atoms with E-state index in [1.165, 1.54) is 0 Å². The van der Waals surface area contributed by atoms with Gasteiger partial charge in [0.25, 0.3) is 5.91 Å². The average molecular weight is 330 g/mol. The lowest BCUT2D eigenvalue weighted by Crippen LogP contribution is -2.46. The van der Waals surface area contributed by atoms with Gasteiger partial charge in [0.1, 0.15) is 11.5 Å². The van der Waals surface area contributed by atoms with Gasteiger partial charge in [-0.25, -0.2) is 0 Å². The molecular weight excluding hydrogens is 306 g/mol. The van der Waals surface area contributed by atoms with Crippen LogP contribution in [0.4, 0.5) is 0 Å². The smallest absolute Gasteiger partial charge is 0.255 e. The van der Waals surface area contributed by atoms with Gasteiger partial charge in [0.2, 0.25) is 0 Å². The number of amides is 1. The number of carbonyl (C=O) groups excluding carboxylic acids is 1. The molecule has 1 aliphatic heterocycles. The lowest BCUT2D eigenvalue weighted by molar-refractivity contribution is 0.0944. The Balaban J connectivity index is 0.00000242. The molecule has 0 aliphatic carbocycles. The first-order valence-electron chi connectivity index (χ1n) is 7.18. The highest BCUT2D eigenvalue weighted by molar-refractivity contribution is 5.97. The molecule has 0 bridgehead atoms. The summed E-state index contributed by atoms with van der Waals surface area (Å²) in [6, 6.07) is 5.19. The monoisotopic (exact) mass is 329 g/mol. The zero-order valence-corrected chi connectivity index (χ0v) is 13.9. The number of nitrogens with one attached hydrogen (secondary N) is 2. The number of ether oxygens (including phenoxy) is 2. The SMILES string of the molecule is COc1ccc(C(=O)NCCN2CCNCC2)c(OC)c1.Cl. The van der Waals surface area contributed by atoms with E-state index in [2.05, 4.69) is 15.5 Å². The minimum Gasteiger partial charge on any atom is -0.497 e. The van der Waals surface area contributed by atoms with Crippen molar-refractivity contribution >= 4 is 18.3 Å². The molecule has 1 heterocycles. The van der Waals surface area contributed by atoms with E-state index in [1.807, 2.05) is 0 Å². The number of piperazine rings is 1. The van der Waals surface area contributed by atoms with E-state index in [1.54, 1.807) is 32.4 Å². The van der Waals surface area contributed by atoms with E-state index in [0.29, 0.717) is 23.6 Å². The van der Waals surface area contributed by atoms with Crippen LogP contribution >= 0.6 is 12.4 Å². The second-order valence-electron chi connectivity index (χ2n) is 4.91. The van der Waals surface area contributed by atoms with E-state index in [9.17, 15) is 4.79 Å². The van der Waals surface area contributed by atoms with Crippen LogP contribution in [0, 0.1) is 0 Å². The van der Waals surface area contributed by atoms with Gasteiger partial charge in [-0.1, -0.05) is 0 Å². The van der Waals surface area contributed by atoms with Crippen molar-refractivity contribution in [1.29, 1.82) is 0 Å². The van der Waals surface area contributed by atoms with Gasteiger partial charge in [-0.2, -0.15) is 0 Å². The Labute approximate surface area is 137 Å². The number of methoxy groups -OCH3 is 2. The summed E-state index contributed by atoms with van der Waals surface area (Å²) < 4.78 is 10.4. The summed E-state index contributed by atoms with van der Waals surface area (Å²) in [6.45, 7) is 5.59. The van der Waals surface area contributed by atoms with Crippen molar-refractivity contribution < 1.29 is 14.3 Å². The number of carbonyl (C=O) groups is 1. The molecule has 2 N–H and O–H groups in total. The molecule has 1 aromatic carbocycles. The average Bonchev–Trinajstić information content (AvgIpc) is 2.55. The van der Waals surface area contributed by atoms with Crippen LogP contribution in [-0.2, 0) is 0 Å². The zero-order valence-electron chi connectivity index (χ0n) is 13.1. The van der Waals surface area contributed by atoms with Crippen molar-refractivity contribution in [3.8, 4) is 11.5 Å². The van der Waals surface area contributed by atoms with Crippen molar-refractivity contribution in [1.82, 2.24) is 15.5 Å². The highest BCUT2D eigenvalue weighted by Gasteiger charge is 2.14. The van der Waals surface area contributed by atoms with Crippen LogP contribution in [0.25, 0.3) is 0 Å². The third-order valence-electron chi connectivity index (χ3n) is 3.58. The van der Waals surface area contributed by atoms with Crippen LogP contribution in [0.5, 0.6) is 11.5 Å². The molecule has 1 aromatic rings. The normalized spacial score (nSPS) is 14.8. The molecule has 1 amide bonds. The van der Waals surface area contributed by atoms with Crippen LogP contribution < -0.4 is 20.1 Å². The van der Waals surface area contributed by atoms with Crippen LogP contribution in [0.3, 0.4) is 0 Å². The molecule has 0 saturated carbocycles. The Hall–Kier alpha value is -1.50. The van der Waals surface area contributed by atoms with Gasteiger partial charge in [0.05, 0.1) is 19.8 Å². The molecule has 124 valence electrons. The van der Waals surface area contributed by atoms with Gasteiger partial charge in [0, 0.05) is 45.3 Å². The molecule has 0 spiro atoms. The predicted octanol–water partition coefficient (Wildman–Crippen LogP) is 0.761. The third kappa shape index (κ3) is 5.05. The molecule has 22 heavy (non-hydrogen) atoms. The molecule has 0 aromatic heterocycles. The van der Waals surface area contributed by atoms with E-state index in [-0.39, 0.29) is 18.3 Å². The molecule has 0 unspecified atom stereocenters. The van der Waals surface area contributed by atoms with Crippen LogP contribution in [0.2, 0.25) is 0 Å². The molecular formula is C15H24ClN3O3. The van der Waals surface area contributed by atoms with Gasteiger partial charge < -0.3 is 20.1 Å². The minimum atomic E-state index is -0.121. The number of benzene rings is 1. The van der Waals surface area contributed by atoms with Gasteiger partial charge in [-0.05, 0) is 12.1 Å². The van der Waals surface area contributed by atoms with Crippen molar-refractivity contribution in [2.24, 2.45) is 0 Å². The highest BCUT2D eigenvalue weighted by Crippen LogP contribution is 2.24. The predicted molar refractivity (Wildman–Crippen MR) is 88.4 cm³/mol. The second kappa shape index (κ2) is 9.50. The first-order valence-corrected chi connectivity index (χ1v) is 7.18. The van der Waals surface area contributed by atoms with Gasteiger partial charge in [-0.3, -0.25) is 9.69 Å². The lowest BCUT2D eigenvalue weighted by atomic mass is 10.1. The number of nitrogens with zero attached hydrogens (tertiary/aromatic N) is 1. The van der Waals surface area contributed by atoms with E-state index >= 15 is 0 Å². The summed E-state index contributed by atoms with van der Waals surface area (Å²) in [5.41, 5.74) is 0.526. The third-order valence-corrected chi connectivity index (χ3v) is 3.58. The van der Waals surface area contributed by atoms with Gasteiger partial charge in [0.15, 0.2) is 0 Å². The standard InChI is InChI=1S/C15H23N3O3.ClH/c1-20-12-3-4-13(14(11-12)21-2)15(19)17-7-10-18-8-5-16-6-9-18;/h3-4,11,16H,5-10H2,1-2H3,(H,17,19);1H. The Kier molecular flexibility index (Phi) is 8.01. The first-order chi connectivity index (χ1) is 10.2. The minimum absolute atomic E-state index is 0. The summed E-state index contributed by atoms with van der Waals surface area (Å²) >= 11 is 0. The molecule has 7 heteroatoms. The summed E-state index contributed by atoms with van der Waals surface area (Å²) in [4.78, 5) is 14.5. The Bertz CT molecular complexity index is 479. The van der Waals surface area contributed by atoms with Crippen molar-refractivity contribution in [3.63, 3.8) is 0 Å². The van der Waals surface area contributed by atoms with Gasteiger partial charge in [-0.15, -0.1) is 12.4 Å². The van der Waals surface area contributed by atoms with Crippen LogP contribution in [-0.4, -0.2) is 64.3 Å². The number of hydrogen-bond donors (Lipinski definition) is 2. The fourth-order valence-corrected chi connectivity index (χ4v) is 2.34. The molecule has 6 nitrogen and oxygen atoms in total. The Morgan fingerprint density at radius 3 is 2.64 bits per heavy atom. The highest BCUT2D eigenvalue weighted by atomic mass is 35.5. The second-order valence-corrected chi connectivity index (χ2v) is 4.91. The van der Waals surface area contributed by atoms with Crippen molar-refractivity contribution in [3.05, 3.63) is 23.8 Å². The molecule has 1 aliphatic rings. The molecule has 0 radical (unpaired) electrons. The summed E-state index contributed by atoms with van der Waals surface area (Å²) in [6.07, 6.45) is 0. The number of rotatable bonds is 6. The molecule has 0 atom stereocenters. The maximum absolute atomic E-state index is 12.2. The number of halogens is 1. The van der Waals surface area contributed by atoms with Crippen molar-refractivity contribution in [2.75, 3.05) is 53.5 Å².